The molecule has 1 aliphatic heterocycles. The van der Waals surface area contributed by atoms with Crippen LogP contribution in [0.4, 0.5) is 4.79 Å². The Morgan fingerprint density at radius 3 is 2.32 bits per heavy atom. The summed E-state index contributed by atoms with van der Waals surface area (Å²) in [5.41, 5.74) is 0.805. The molecule has 0 radical (unpaired) electrons. The number of phenolic OH excluding ortho intramolecular Hbond substituents is 1. The molecular weight excluding hydrogens is 437 g/mol. The van der Waals surface area contributed by atoms with Gasteiger partial charge in [0.1, 0.15) is 12.4 Å². The van der Waals surface area contributed by atoms with Gasteiger partial charge in [0, 0.05) is 12.1 Å². The van der Waals surface area contributed by atoms with Gasteiger partial charge in [-0.1, -0.05) is 36.4 Å². The number of ether oxygens (including phenoxy) is 2. The van der Waals surface area contributed by atoms with Crippen LogP contribution in [0.1, 0.15) is 49.2 Å². The highest BCUT2D eigenvalue weighted by Crippen LogP contribution is 2.39. The number of hydrogen-bond acceptors (Lipinski definition) is 7. The van der Waals surface area contributed by atoms with Crippen LogP contribution in [0.5, 0.6) is 5.75 Å². The lowest BCUT2D eigenvalue weighted by atomic mass is 9.77. The second-order valence-electron chi connectivity index (χ2n) is 8.99. The van der Waals surface area contributed by atoms with E-state index in [1.807, 2.05) is 58.0 Å². The van der Waals surface area contributed by atoms with Gasteiger partial charge in [-0.05, 0) is 56.9 Å². The van der Waals surface area contributed by atoms with E-state index in [9.17, 15) is 14.7 Å². The van der Waals surface area contributed by atoms with Gasteiger partial charge in [-0.15, -0.1) is 0 Å². The molecule has 0 atom stereocenters. The summed E-state index contributed by atoms with van der Waals surface area (Å²) < 4.78 is 22.3. The SMILES string of the molecule is COC(=O)c1ccc(O)c(C=C(CNC(=O)OCc2ccccc2)B2OC(C)(C)C(C)(C)O2)c1. The van der Waals surface area contributed by atoms with Crippen molar-refractivity contribution in [1.82, 2.24) is 5.32 Å². The predicted octanol–water partition coefficient (Wildman–Crippen LogP) is 4.12. The zero-order chi connectivity index (χ0) is 24.9. The Labute approximate surface area is 200 Å². The molecule has 8 nitrogen and oxygen atoms in total. The van der Waals surface area contributed by atoms with Crippen LogP contribution < -0.4 is 5.32 Å². The smallest absolute Gasteiger partial charge is 0.492 e. The summed E-state index contributed by atoms with van der Waals surface area (Å²) in [6, 6.07) is 13.7. The zero-order valence-electron chi connectivity index (χ0n) is 20.1. The van der Waals surface area contributed by atoms with Crippen molar-refractivity contribution >= 4 is 25.3 Å². The van der Waals surface area contributed by atoms with Crippen LogP contribution >= 0.6 is 0 Å². The van der Waals surface area contributed by atoms with Crippen molar-refractivity contribution in [2.75, 3.05) is 13.7 Å². The second-order valence-corrected chi connectivity index (χ2v) is 8.99. The van der Waals surface area contributed by atoms with E-state index in [4.69, 9.17) is 18.8 Å². The number of aromatic hydroxyl groups is 1. The van der Waals surface area contributed by atoms with Crippen LogP contribution in [0.2, 0.25) is 0 Å². The van der Waals surface area contributed by atoms with E-state index in [1.165, 1.54) is 25.3 Å². The van der Waals surface area contributed by atoms with Gasteiger partial charge >= 0.3 is 19.2 Å². The van der Waals surface area contributed by atoms with Crippen molar-refractivity contribution in [2.45, 2.75) is 45.5 Å². The Balaban J connectivity index is 1.82. The number of carbonyl (C=O) groups excluding carboxylic acids is 2. The molecule has 9 heteroatoms. The molecule has 0 aliphatic carbocycles. The highest BCUT2D eigenvalue weighted by Gasteiger charge is 2.52. The second kappa shape index (κ2) is 10.3. The number of esters is 1. The van der Waals surface area contributed by atoms with Crippen LogP contribution in [-0.4, -0.2) is 49.1 Å². The number of hydrogen-bond donors (Lipinski definition) is 2. The monoisotopic (exact) mass is 467 g/mol. The van der Waals surface area contributed by atoms with E-state index >= 15 is 0 Å². The summed E-state index contributed by atoms with van der Waals surface area (Å²) >= 11 is 0. The molecule has 2 aromatic rings. The summed E-state index contributed by atoms with van der Waals surface area (Å²) in [7, 11) is 0.492. The van der Waals surface area contributed by atoms with Crippen LogP contribution in [0, 0.1) is 0 Å². The third kappa shape index (κ3) is 5.98. The molecule has 2 N–H and O–H groups in total. The first-order valence-corrected chi connectivity index (χ1v) is 10.9. The van der Waals surface area contributed by atoms with Gasteiger partial charge in [-0.2, -0.15) is 0 Å². The number of rotatable bonds is 7. The van der Waals surface area contributed by atoms with Gasteiger partial charge in [-0.3, -0.25) is 0 Å². The maximum absolute atomic E-state index is 12.3. The molecule has 1 aliphatic rings. The maximum atomic E-state index is 12.3. The van der Waals surface area contributed by atoms with Crippen LogP contribution in [0.3, 0.4) is 0 Å². The van der Waals surface area contributed by atoms with Gasteiger partial charge in [-0.25, -0.2) is 9.59 Å². The Hall–Kier alpha value is -3.30. The molecule has 1 fully saturated rings. The van der Waals surface area contributed by atoms with Crippen LogP contribution in [0.15, 0.2) is 54.0 Å². The third-order valence-electron chi connectivity index (χ3n) is 6.00. The lowest BCUT2D eigenvalue weighted by Gasteiger charge is -2.32. The maximum Gasteiger partial charge on any atom is 0.492 e. The number of methoxy groups -OCH3 is 1. The van der Waals surface area contributed by atoms with Gasteiger partial charge in [0.25, 0.3) is 0 Å². The van der Waals surface area contributed by atoms with E-state index in [1.54, 1.807) is 6.08 Å². The molecule has 1 saturated heterocycles. The Morgan fingerprint density at radius 1 is 1.06 bits per heavy atom. The highest BCUT2D eigenvalue weighted by atomic mass is 16.7. The lowest BCUT2D eigenvalue weighted by molar-refractivity contribution is 0.00578. The molecule has 1 amide bonds. The summed E-state index contributed by atoms with van der Waals surface area (Å²) in [6.45, 7) is 7.84. The fraction of sp³-hybridized carbons (Fsp3) is 0.360. The Morgan fingerprint density at radius 2 is 1.71 bits per heavy atom. The van der Waals surface area contributed by atoms with E-state index in [0.29, 0.717) is 11.0 Å². The molecule has 0 spiro atoms. The minimum atomic E-state index is -0.791. The van der Waals surface area contributed by atoms with E-state index < -0.39 is 30.4 Å². The molecule has 1 heterocycles. The first-order valence-electron chi connectivity index (χ1n) is 10.9. The molecule has 0 bridgehead atoms. The Bertz CT molecular complexity index is 1050. The third-order valence-corrected chi connectivity index (χ3v) is 6.00. The number of alkyl carbamates (subject to hydrolysis) is 1. The number of carbonyl (C=O) groups is 2. The van der Waals surface area contributed by atoms with Crippen molar-refractivity contribution in [1.29, 1.82) is 0 Å². The normalized spacial score (nSPS) is 16.7. The van der Waals surface area contributed by atoms with Crippen molar-refractivity contribution in [3.05, 3.63) is 70.7 Å². The van der Waals surface area contributed by atoms with Gasteiger partial charge < -0.3 is 29.2 Å². The fourth-order valence-corrected chi connectivity index (χ4v) is 3.26. The number of phenols is 1. The molecule has 0 aromatic heterocycles. The molecule has 0 saturated carbocycles. The van der Waals surface area contributed by atoms with Crippen LogP contribution in [-0.2, 0) is 25.4 Å². The summed E-state index contributed by atoms with van der Waals surface area (Å²) in [5, 5.41) is 13.1. The largest absolute Gasteiger partial charge is 0.507 e. The lowest BCUT2D eigenvalue weighted by Crippen LogP contribution is -2.41. The standard InChI is InChI=1S/C25H30BNO7/c1-24(2)25(3,4)34-26(33-24)20(14-19-13-18(22(29)31-5)11-12-21(19)28)15-27-23(30)32-16-17-9-7-6-8-10-17/h6-14,28H,15-16H2,1-5H3,(H,27,30). The van der Waals surface area contributed by atoms with Crippen molar-refractivity contribution < 1.29 is 33.5 Å². The Kier molecular flexibility index (Phi) is 7.69. The average molecular weight is 467 g/mol. The fourth-order valence-electron chi connectivity index (χ4n) is 3.26. The topological polar surface area (TPSA) is 103 Å². The quantitative estimate of drug-likeness (QED) is 0.467. The summed E-state index contributed by atoms with van der Waals surface area (Å²) in [5.74, 6) is -0.581. The van der Waals surface area contributed by atoms with E-state index in [-0.39, 0.29) is 24.5 Å². The summed E-state index contributed by atoms with van der Waals surface area (Å²) in [4.78, 5) is 24.3. The van der Waals surface area contributed by atoms with E-state index in [2.05, 4.69) is 5.32 Å². The zero-order valence-corrected chi connectivity index (χ0v) is 20.1. The molecule has 180 valence electrons. The molecular formula is C25H30BNO7. The summed E-state index contributed by atoms with van der Waals surface area (Å²) in [6.07, 6.45) is 1.01. The van der Waals surface area contributed by atoms with Gasteiger partial charge in [0.05, 0.1) is 23.9 Å². The van der Waals surface area contributed by atoms with Crippen LogP contribution in [0.25, 0.3) is 6.08 Å². The molecule has 0 unspecified atom stereocenters. The van der Waals surface area contributed by atoms with Crippen molar-refractivity contribution in [3.8, 4) is 5.75 Å². The van der Waals surface area contributed by atoms with Crippen molar-refractivity contribution in [3.63, 3.8) is 0 Å². The highest BCUT2D eigenvalue weighted by molar-refractivity contribution is 6.56. The first kappa shape index (κ1) is 25.3. The van der Waals surface area contributed by atoms with Crippen molar-refractivity contribution in [2.24, 2.45) is 0 Å². The molecule has 34 heavy (non-hydrogen) atoms. The number of nitrogens with one attached hydrogen (secondary N) is 1. The molecule has 2 aromatic carbocycles. The van der Waals surface area contributed by atoms with Gasteiger partial charge in [0.2, 0.25) is 0 Å². The predicted molar refractivity (Wildman–Crippen MR) is 128 cm³/mol. The number of benzene rings is 2. The molecule has 3 rings (SSSR count). The van der Waals surface area contributed by atoms with E-state index in [0.717, 1.165) is 5.56 Å². The minimum absolute atomic E-state index is 0.0341. The minimum Gasteiger partial charge on any atom is -0.507 e. The average Bonchev–Trinajstić information content (AvgIpc) is 3.03. The number of amides is 1. The first-order chi connectivity index (χ1) is 16.0. The van der Waals surface area contributed by atoms with Gasteiger partial charge in [0.15, 0.2) is 0 Å².